The highest BCUT2D eigenvalue weighted by Crippen LogP contribution is 2.27. The van der Waals surface area contributed by atoms with Crippen molar-refractivity contribution in [2.24, 2.45) is 0 Å². The Balaban J connectivity index is 2.37. The number of esters is 1. The molecule has 23 heavy (non-hydrogen) atoms. The zero-order valence-corrected chi connectivity index (χ0v) is 13.6. The lowest BCUT2D eigenvalue weighted by Crippen LogP contribution is -2.11. The number of nitrogens with zero attached hydrogens (tertiary/aromatic N) is 1. The molecular formula is C18H19NO4. The number of rotatable bonds is 5. The third-order valence-electron chi connectivity index (χ3n) is 3.20. The average molecular weight is 313 g/mol. The molecule has 1 heterocycles. The second kappa shape index (κ2) is 7.45. The van der Waals surface area contributed by atoms with Crippen molar-refractivity contribution < 1.29 is 19.0 Å². The maximum absolute atomic E-state index is 11.7. The summed E-state index contributed by atoms with van der Waals surface area (Å²) in [5.41, 5.74) is 3.55. The fourth-order valence-corrected chi connectivity index (χ4v) is 2.01. The van der Waals surface area contributed by atoms with Gasteiger partial charge in [-0.25, -0.2) is 4.79 Å². The zero-order valence-electron chi connectivity index (χ0n) is 13.6. The van der Waals surface area contributed by atoms with Crippen molar-refractivity contribution in [3.05, 3.63) is 59.7 Å². The highest BCUT2D eigenvalue weighted by Gasteiger charge is 2.15. The Morgan fingerprint density at radius 2 is 1.91 bits per heavy atom. The molecule has 0 saturated carbocycles. The van der Waals surface area contributed by atoms with Crippen LogP contribution in [0.5, 0.6) is 5.75 Å². The zero-order chi connectivity index (χ0) is 16.8. The lowest BCUT2D eigenvalue weighted by Gasteiger charge is -2.12. The van der Waals surface area contributed by atoms with Crippen molar-refractivity contribution >= 4 is 5.97 Å². The fourth-order valence-electron chi connectivity index (χ4n) is 2.01. The number of benzene rings is 1. The van der Waals surface area contributed by atoms with E-state index in [-0.39, 0.29) is 5.76 Å². The van der Waals surface area contributed by atoms with E-state index in [4.69, 9.17) is 9.47 Å². The molecule has 0 amide bonds. The summed E-state index contributed by atoms with van der Waals surface area (Å²) in [5, 5.41) is 0. The van der Waals surface area contributed by atoms with Crippen molar-refractivity contribution in [3.8, 4) is 17.0 Å². The molecule has 0 atom stereocenters. The molecule has 0 fully saturated rings. The second-order valence-corrected chi connectivity index (χ2v) is 4.96. The Kier molecular flexibility index (Phi) is 5.36. The molecule has 0 aliphatic rings. The molecule has 0 saturated heterocycles. The first-order valence-electron chi connectivity index (χ1n) is 7.09. The van der Waals surface area contributed by atoms with Crippen LogP contribution in [0.2, 0.25) is 0 Å². The summed E-state index contributed by atoms with van der Waals surface area (Å²) in [5.74, 6) is -0.0858. The van der Waals surface area contributed by atoms with Gasteiger partial charge in [0.25, 0.3) is 0 Å². The van der Waals surface area contributed by atoms with Crippen molar-refractivity contribution in [3.63, 3.8) is 0 Å². The Labute approximate surface area is 135 Å². The number of methoxy groups -OCH3 is 2. The van der Waals surface area contributed by atoms with Crippen LogP contribution in [-0.4, -0.2) is 25.2 Å². The summed E-state index contributed by atoms with van der Waals surface area (Å²) in [6.45, 7) is 3.83. The fraction of sp³-hybridized carbons (Fsp3) is 0.222. The average Bonchev–Trinajstić information content (AvgIpc) is 2.55. The van der Waals surface area contributed by atoms with Crippen molar-refractivity contribution in [1.29, 1.82) is 0 Å². The minimum Gasteiger partial charge on any atom is -0.500 e. The van der Waals surface area contributed by atoms with E-state index in [1.165, 1.54) is 20.5 Å². The number of carbonyl (C=O) groups excluding carboxylic acids is 1. The van der Waals surface area contributed by atoms with Crippen LogP contribution in [0.25, 0.3) is 11.3 Å². The molecule has 1 aromatic carbocycles. The summed E-state index contributed by atoms with van der Waals surface area (Å²) >= 11 is 0. The Hall–Kier alpha value is -2.82. The Morgan fingerprint density at radius 3 is 2.57 bits per heavy atom. The van der Waals surface area contributed by atoms with E-state index in [0.29, 0.717) is 5.75 Å². The lowest BCUT2D eigenvalue weighted by atomic mass is 10.1. The van der Waals surface area contributed by atoms with Crippen LogP contribution >= 0.6 is 0 Å². The molecule has 5 nitrogen and oxygen atoms in total. The van der Waals surface area contributed by atoms with E-state index in [1.807, 2.05) is 50.2 Å². The topological polar surface area (TPSA) is 57.7 Å². The van der Waals surface area contributed by atoms with Crippen LogP contribution in [0, 0.1) is 13.8 Å². The molecule has 120 valence electrons. The van der Waals surface area contributed by atoms with Gasteiger partial charge in [-0.05, 0) is 37.6 Å². The number of ether oxygens (including phenoxy) is 3. The SMILES string of the molecule is COC=C(Oc1cc(-c2cccc(C)n2)ccc1C)C(=O)OC. The van der Waals surface area contributed by atoms with Crippen LogP contribution in [0.4, 0.5) is 0 Å². The molecule has 1 aromatic heterocycles. The molecular weight excluding hydrogens is 294 g/mol. The first-order chi connectivity index (χ1) is 11.0. The van der Waals surface area contributed by atoms with E-state index in [0.717, 1.165) is 22.5 Å². The van der Waals surface area contributed by atoms with Gasteiger partial charge in [-0.15, -0.1) is 0 Å². The summed E-state index contributed by atoms with van der Waals surface area (Å²) in [6, 6.07) is 11.5. The van der Waals surface area contributed by atoms with Crippen LogP contribution in [-0.2, 0) is 14.3 Å². The number of carbonyl (C=O) groups is 1. The summed E-state index contributed by atoms with van der Waals surface area (Å²) in [4.78, 5) is 16.2. The normalized spacial score (nSPS) is 11.0. The predicted octanol–water partition coefficient (Wildman–Crippen LogP) is 3.41. The monoisotopic (exact) mass is 313 g/mol. The van der Waals surface area contributed by atoms with Gasteiger partial charge < -0.3 is 14.2 Å². The predicted molar refractivity (Wildman–Crippen MR) is 86.9 cm³/mol. The first-order valence-corrected chi connectivity index (χ1v) is 7.09. The van der Waals surface area contributed by atoms with Gasteiger partial charge in [0, 0.05) is 11.3 Å². The van der Waals surface area contributed by atoms with Gasteiger partial charge in [-0.3, -0.25) is 4.98 Å². The first kappa shape index (κ1) is 16.5. The van der Waals surface area contributed by atoms with E-state index >= 15 is 0 Å². The van der Waals surface area contributed by atoms with Crippen molar-refractivity contribution in [2.45, 2.75) is 13.8 Å². The molecule has 0 aliphatic carbocycles. The lowest BCUT2D eigenvalue weighted by molar-refractivity contribution is -0.138. The minimum atomic E-state index is -0.606. The summed E-state index contributed by atoms with van der Waals surface area (Å²) in [6.07, 6.45) is 1.21. The molecule has 2 aromatic rings. The number of aryl methyl sites for hydroxylation is 2. The van der Waals surface area contributed by atoms with Gasteiger partial charge >= 0.3 is 5.97 Å². The van der Waals surface area contributed by atoms with E-state index in [9.17, 15) is 4.79 Å². The molecule has 0 radical (unpaired) electrons. The van der Waals surface area contributed by atoms with E-state index < -0.39 is 5.97 Å². The number of aromatic nitrogens is 1. The third kappa shape index (κ3) is 4.10. The van der Waals surface area contributed by atoms with Crippen LogP contribution in [0.1, 0.15) is 11.3 Å². The molecule has 0 bridgehead atoms. The smallest absolute Gasteiger partial charge is 0.377 e. The molecule has 0 unspecified atom stereocenters. The number of hydrogen-bond donors (Lipinski definition) is 0. The van der Waals surface area contributed by atoms with Crippen molar-refractivity contribution in [1.82, 2.24) is 4.98 Å². The quantitative estimate of drug-likeness (QED) is 0.481. The maximum Gasteiger partial charge on any atom is 0.377 e. The van der Waals surface area contributed by atoms with Gasteiger partial charge in [-0.1, -0.05) is 18.2 Å². The third-order valence-corrected chi connectivity index (χ3v) is 3.20. The summed E-state index contributed by atoms with van der Waals surface area (Å²) < 4.78 is 15.2. The highest BCUT2D eigenvalue weighted by molar-refractivity contribution is 5.86. The number of pyridine rings is 1. The van der Waals surface area contributed by atoms with Gasteiger partial charge in [0.15, 0.2) is 0 Å². The second-order valence-electron chi connectivity index (χ2n) is 4.96. The van der Waals surface area contributed by atoms with Gasteiger partial charge in [0.1, 0.15) is 12.0 Å². The molecule has 2 rings (SSSR count). The van der Waals surface area contributed by atoms with E-state index in [2.05, 4.69) is 9.72 Å². The van der Waals surface area contributed by atoms with Crippen LogP contribution < -0.4 is 4.74 Å². The molecule has 0 spiro atoms. The van der Waals surface area contributed by atoms with E-state index in [1.54, 1.807) is 0 Å². The summed E-state index contributed by atoms with van der Waals surface area (Å²) in [7, 11) is 2.72. The minimum absolute atomic E-state index is 0.0209. The number of hydrogen-bond acceptors (Lipinski definition) is 5. The van der Waals surface area contributed by atoms with Crippen LogP contribution in [0.15, 0.2) is 48.4 Å². The van der Waals surface area contributed by atoms with Crippen LogP contribution in [0.3, 0.4) is 0 Å². The highest BCUT2D eigenvalue weighted by atomic mass is 16.6. The molecule has 0 aliphatic heterocycles. The van der Waals surface area contributed by atoms with Crippen molar-refractivity contribution in [2.75, 3.05) is 14.2 Å². The van der Waals surface area contributed by atoms with Gasteiger partial charge in [-0.2, -0.15) is 0 Å². The largest absolute Gasteiger partial charge is 0.500 e. The molecule has 5 heteroatoms. The van der Waals surface area contributed by atoms with Gasteiger partial charge in [0.05, 0.1) is 19.9 Å². The Morgan fingerprint density at radius 1 is 1.13 bits per heavy atom. The Bertz CT molecular complexity index is 738. The maximum atomic E-state index is 11.7. The molecule has 0 N–H and O–H groups in total. The van der Waals surface area contributed by atoms with Gasteiger partial charge in [0.2, 0.25) is 5.76 Å². The standard InChI is InChI=1S/C18H19NO4/c1-12-8-9-14(15-7-5-6-13(2)19-15)10-16(12)23-17(11-21-3)18(20)22-4/h5-11H,1-4H3.